The molecule has 0 N–H and O–H groups in total. The van der Waals surface area contributed by atoms with E-state index in [0.717, 1.165) is 23.9 Å². The van der Waals surface area contributed by atoms with Crippen LogP contribution in [0.2, 0.25) is 0 Å². The molecule has 0 aliphatic carbocycles. The predicted octanol–water partition coefficient (Wildman–Crippen LogP) is 7.41. The molecule has 0 aromatic rings. The average Bonchev–Trinajstić information content (AvgIpc) is 3.20. The maximum Gasteiger partial charge on any atom is 0.305 e. The Labute approximate surface area is 354 Å². The van der Waals surface area contributed by atoms with Crippen molar-refractivity contribution in [3.05, 3.63) is 0 Å². The van der Waals surface area contributed by atoms with E-state index in [1.165, 1.54) is 83.5 Å². The monoisotopic (exact) mass is 922 g/mol. The smallest absolute Gasteiger partial charge is 0.305 e. The Morgan fingerprint density at radius 1 is 0.304 bits per heavy atom. The molecule has 13 nitrogen and oxygen atoms in total. The predicted molar refractivity (Wildman–Crippen MR) is 228 cm³/mol. The van der Waals surface area contributed by atoms with Gasteiger partial charge in [-0.2, -0.15) is 0 Å². The Hall–Kier alpha value is -0.240. The fourth-order valence-electron chi connectivity index (χ4n) is 5.28. The van der Waals surface area contributed by atoms with Crippen molar-refractivity contribution in [3.8, 4) is 0 Å². The van der Waals surface area contributed by atoms with Crippen LogP contribution < -0.4 is 0 Å². The summed E-state index contributed by atoms with van der Waals surface area (Å²) in [4.78, 5) is 11.9. The van der Waals surface area contributed by atoms with Crippen LogP contribution >= 0.6 is 22.6 Å². The quantitative estimate of drug-likeness (QED) is 0.0260. The Morgan fingerprint density at radius 2 is 0.518 bits per heavy atom. The maximum atomic E-state index is 11.9. The summed E-state index contributed by atoms with van der Waals surface area (Å²) in [6, 6.07) is 0. The molecule has 0 aromatic carbocycles. The first kappa shape index (κ1) is 55.8. The van der Waals surface area contributed by atoms with Crippen LogP contribution in [0.15, 0.2) is 0 Å². The molecule has 0 saturated heterocycles. The molecule has 0 amide bonds. The molecule has 0 aliphatic rings. The number of rotatable bonds is 51. The van der Waals surface area contributed by atoms with E-state index in [1.807, 2.05) is 0 Å². The molecular formula is C42H83IO13. The van der Waals surface area contributed by atoms with Gasteiger partial charge in [-0.25, -0.2) is 0 Å². The van der Waals surface area contributed by atoms with E-state index in [0.29, 0.717) is 145 Å². The largest absolute Gasteiger partial charge is 0.463 e. The topological polar surface area (TPSA) is 128 Å². The lowest BCUT2D eigenvalue weighted by Crippen LogP contribution is -2.15. The van der Waals surface area contributed by atoms with Crippen molar-refractivity contribution in [2.75, 3.05) is 156 Å². The number of carbonyl (C=O) groups excluding carboxylic acids is 1. The van der Waals surface area contributed by atoms with E-state index >= 15 is 0 Å². The van der Waals surface area contributed by atoms with E-state index in [-0.39, 0.29) is 12.6 Å². The lowest BCUT2D eigenvalue weighted by Gasteiger charge is -2.09. The highest BCUT2D eigenvalue weighted by Crippen LogP contribution is 2.14. The first-order valence-electron chi connectivity index (χ1n) is 21.9. The number of unbranched alkanes of at least 4 members (excludes halogenated alkanes) is 14. The van der Waals surface area contributed by atoms with Gasteiger partial charge >= 0.3 is 5.97 Å². The fourth-order valence-corrected chi connectivity index (χ4v) is 5.59. The third kappa shape index (κ3) is 51.8. The van der Waals surface area contributed by atoms with E-state index < -0.39 is 0 Å². The second-order valence-corrected chi connectivity index (χ2v) is 14.4. The molecule has 56 heavy (non-hydrogen) atoms. The van der Waals surface area contributed by atoms with Gasteiger partial charge in [-0.05, 0) is 6.42 Å². The summed E-state index contributed by atoms with van der Waals surface area (Å²) in [6.45, 7) is 14.1. The highest BCUT2D eigenvalue weighted by Gasteiger charge is 2.03. The highest BCUT2D eigenvalue weighted by atomic mass is 127. The van der Waals surface area contributed by atoms with Crippen LogP contribution in [0.4, 0.5) is 0 Å². The zero-order valence-electron chi connectivity index (χ0n) is 35.5. The van der Waals surface area contributed by atoms with Gasteiger partial charge in [-0.15, -0.1) is 0 Å². The second-order valence-electron chi connectivity index (χ2n) is 13.3. The van der Waals surface area contributed by atoms with Gasteiger partial charge in [0.25, 0.3) is 0 Å². The Balaban J connectivity index is 3.12. The van der Waals surface area contributed by atoms with Gasteiger partial charge in [-0.3, -0.25) is 4.79 Å². The number of esters is 1. The second kappa shape index (κ2) is 52.8. The molecule has 0 spiro atoms. The fraction of sp³-hybridized carbons (Fsp3) is 0.976. The molecule has 0 saturated carbocycles. The number of carbonyl (C=O) groups is 1. The number of hydrogen-bond acceptors (Lipinski definition) is 13. The molecule has 0 radical (unpaired) electrons. The van der Waals surface area contributed by atoms with Crippen molar-refractivity contribution in [1.82, 2.24) is 0 Å². The minimum Gasteiger partial charge on any atom is -0.463 e. The number of ether oxygens (including phenoxy) is 12. The van der Waals surface area contributed by atoms with Crippen LogP contribution in [0, 0.1) is 0 Å². The molecule has 0 fully saturated rings. The van der Waals surface area contributed by atoms with E-state index in [2.05, 4.69) is 29.5 Å². The standard InChI is InChI=1S/C42H83IO13/c1-2-3-4-5-6-7-8-9-10-11-12-13-14-15-16-17-42(44)56-41-40-55-39-38-54-37-36-53-35-34-52-33-32-51-31-30-50-29-28-49-27-26-48-25-24-47-23-22-46-21-20-45-19-18-43/h2-41H2,1H3. The minimum atomic E-state index is -0.130. The Morgan fingerprint density at radius 3 is 0.768 bits per heavy atom. The summed E-state index contributed by atoms with van der Waals surface area (Å²) < 4.78 is 66.4. The summed E-state index contributed by atoms with van der Waals surface area (Å²) in [6.07, 6.45) is 20.2. The maximum absolute atomic E-state index is 11.9. The summed E-state index contributed by atoms with van der Waals surface area (Å²) in [5, 5.41) is 0. The highest BCUT2D eigenvalue weighted by molar-refractivity contribution is 14.1. The zero-order valence-corrected chi connectivity index (χ0v) is 37.6. The van der Waals surface area contributed by atoms with E-state index in [9.17, 15) is 4.79 Å². The number of hydrogen-bond donors (Lipinski definition) is 0. The van der Waals surface area contributed by atoms with Crippen molar-refractivity contribution in [2.45, 2.75) is 110 Å². The first-order chi connectivity index (χ1) is 27.8. The van der Waals surface area contributed by atoms with Crippen LogP contribution in [0.25, 0.3) is 0 Å². The van der Waals surface area contributed by atoms with Gasteiger partial charge in [0.05, 0.1) is 145 Å². The van der Waals surface area contributed by atoms with E-state index in [4.69, 9.17) is 56.8 Å². The van der Waals surface area contributed by atoms with Gasteiger partial charge in [0.15, 0.2) is 0 Å². The van der Waals surface area contributed by atoms with Crippen molar-refractivity contribution in [2.24, 2.45) is 0 Å². The number of alkyl halides is 1. The van der Waals surface area contributed by atoms with Gasteiger partial charge in [0, 0.05) is 10.8 Å². The third-order valence-corrected chi connectivity index (χ3v) is 8.86. The van der Waals surface area contributed by atoms with Gasteiger partial charge in [0.2, 0.25) is 0 Å². The molecular weight excluding hydrogens is 839 g/mol. The average molecular weight is 923 g/mol. The molecule has 0 atom stereocenters. The molecule has 336 valence electrons. The van der Waals surface area contributed by atoms with Gasteiger partial charge in [0.1, 0.15) is 6.61 Å². The molecule has 0 heterocycles. The molecule has 0 aliphatic heterocycles. The Kier molecular flexibility index (Phi) is 52.6. The summed E-state index contributed by atoms with van der Waals surface area (Å²) in [5.41, 5.74) is 0. The molecule has 0 bridgehead atoms. The Bertz CT molecular complexity index is 726. The van der Waals surface area contributed by atoms with Crippen LogP contribution in [-0.4, -0.2) is 162 Å². The molecule has 0 rings (SSSR count). The SMILES string of the molecule is CCCCCCCCCCCCCCCCCC(=O)OCCOCCOCCOCCOCCOCCOCCOCCOCCOCCOCCOCCI. The summed E-state index contributed by atoms with van der Waals surface area (Å²) >= 11 is 2.28. The summed E-state index contributed by atoms with van der Waals surface area (Å²) in [7, 11) is 0. The molecule has 0 aromatic heterocycles. The van der Waals surface area contributed by atoms with Crippen molar-refractivity contribution in [3.63, 3.8) is 0 Å². The van der Waals surface area contributed by atoms with Crippen molar-refractivity contribution >= 4 is 28.6 Å². The zero-order chi connectivity index (χ0) is 40.3. The summed E-state index contributed by atoms with van der Waals surface area (Å²) in [5.74, 6) is -0.130. The van der Waals surface area contributed by atoms with Crippen LogP contribution in [-0.2, 0) is 61.6 Å². The van der Waals surface area contributed by atoms with Gasteiger partial charge < -0.3 is 56.8 Å². The normalized spacial score (nSPS) is 11.5. The van der Waals surface area contributed by atoms with Crippen LogP contribution in [0.1, 0.15) is 110 Å². The third-order valence-electron chi connectivity index (χ3n) is 8.42. The van der Waals surface area contributed by atoms with E-state index in [1.54, 1.807) is 0 Å². The minimum absolute atomic E-state index is 0.130. The lowest BCUT2D eigenvalue weighted by molar-refractivity contribution is -0.145. The van der Waals surface area contributed by atoms with Crippen LogP contribution in [0.5, 0.6) is 0 Å². The van der Waals surface area contributed by atoms with Crippen molar-refractivity contribution < 1.29 is 61.6 Å². The lowest BCUT2D eigenvalue weighted by atomic mass is 10.0. The molecule has 0 unspecified atom stereocenters. The van der Waals surface area contributed by atoms with Gasteiger partial charge in [-0.1, -0.05) is 119 Å². The number of halogens is 1. The van der Waals surface area contributed by atoms with Crippen LogP contribution in [0.3, 0.4) is 0 Å². The first-order valence-corrected chi connectivity index (χ1v) is 23.4. The van der Waals surface area contributed by atoms with Crippen molar-refractivity contribution in [1.29, 1.82) is 0 Å². The molecule has 14 heteroatoms.